The second kappa shape index (κ2) is 14.2. The minimum atomic E-state index is -1.55. The van der Waals surface area contributed by atoms with E-state index in [1.165, 1.54) is 6.92 Å². The summed E-state index contributed by atoms with van der Waals surface area (Å²) in [5, 5.41) is 35.4. The summed E-state index contributed by atoms with van der Waals surface area (Å²) in [5.41, 5.74) is 16.1. The molecule has 0 radical (unpaired) electrons. The molecule has 32 heavy (non-hydrogen) atoms. The van der Waals surface area contributed by atoms with E-state index in [0.29, 0.717) is 0 Å². The zero-order valence-electron chi connectivity index (χ0n) is 18.4. The number of carboxylic acids is 1. The van der Waals surface area contributed by atoms with E-state index in [-0.39, 0.29) is 31.3 Å². The van der Waals surface area contributed by atoms with Crippen molar-refractivity contribution in [3.8, 4) is 0 Å². The van der Waals surface area contributed by atoms with Gasteiger partial charge in [0.1, 0.15) is 18.1 Å². The van der Waals surface area contributed by atoms with Gasteiger partial charge >= 0.3 is 5.97 Å². The van der Waals surface area contributed by atoms with Gasteiger partial charge in [-0.1, -0.05) is 13.8 Å². The molecule has 0 bridgehead atoms. The number of aliphatic carboxylic acids is 1. The first-order valence-corrected chi connectivity index (χ1v) is 10.1. The summed E-state index contributed by atoms with van der Waals surface area (Å²) in [6, 6.07) is -5.24. The van der Waals surface area contributed by atoms with Gasteiger partial charge in [0.15, 0.2) is 5.96 Å². The van der Waals surface area contributed by atoms with Crippen LogP contribution < -0.4 is 33.2 Å². The lowest BCUT2D eigenvalue weighted by Gasteiger charge is -2.26. The molecule has 14 nitrogen and oxygen atoms in total. The summed E-state index contributed by atoms with van der Waals surface area (Å²) in [5.74, 6) is -4.33. The molecule has 0 aromatic carbocycles. The van der Waals surface area contributed by atoms with E-state index in [1.807, 2.05) is 0 Å². The smallest absolute Gasteiger partial charge is 0.326 e. The molecule has 0 aromatic rings. The van der Waals surface area contributed by atoms with Gasteiger partial charge in [0.05, 0.1) is 18.8 Å². The molecule has 0 saturated heterocycles. The molecule has 0 aliphatic heterocycles. The zero-order valence-corrected chi connectivity index (χ0v) is 18.4. The summed E-state index contributed by atoms with van der Waals surface area (Å²) < 4.78 is 0. The molecule has 0 fully saturated rings. The van der Waals surface area contributed by atoms with Gasteiger partial charge in [0.25, 0.3) is 0 Å². The summed E-state index contributed by atoms with van der Waals surface area (Å²) >= 11 is 0. The highest BCUT2D eigenvalue weighted by molar-refractivity contribution is 5.94. The highest BCUT2D eigenvalue weighted by Gasteiger charge is 2.32. The summed E-state index contributed by atoms with van der Waals surface area (Å²) in [6.45, 7) is 3.96. The van der Waals surface area contributed by atoms with Crippen molar-refractivity contribution in [3.05, 3.63) is 0 Å². The van der Waals surface area contributed by atoms with Crippen molar-refractivity contribution in [1.29, 1.82) is 0 Å². The molecule has 5 unspecified atom stereocenters. The minimum absolute atomic E-state index is 0.0132. The predicted molar refractivity (Wildman–Crippen MR) is 115 cm³/mol. The van der Waals surface area contributed by atoms with Crippen molar-refractivity contribution in [2.45, 2.75) is 63.9 Å². The Kier molecular flexibility index (Phi) is 12.8. The number of nitrogens with one attached hydrogen (secondary N) is 3. The van der Waals surface area contributed by atoms with Crippen molar-refractivity contribution in [1.82, 2.24) is 16.0 Å². The quantitative estimate of drug-likeness (QED) is 0.0686. The number of rotatable bonds is 14. The van der Waals surface area contributed by atoms with Gasteiger partial charge < -0.3 is 48.5 Å². The van der Waals surface area contributed by atoms with Crippen LogP contribution in [0.3, 0.4) is 0 Å². The lowest BCUT2D eigenvalue weighted by atomic mass is 10.0. The van der Waals surface area contributed by atoms with Gasteiger partial charge in [-0.25, -0.2) is 4.79 Å². The molecule has 0 aromatic heterocycles. The average molecular weight is 462 g/mol. The largest absolute Gasteiger partial charge is 0.480 e. The number of carbonyl (C=O) groups is 4. The lowest BCUT2D eigenvalue weighted by molar-refractivity contribution is -0.143. The Hall–Kier alpha value is -2.97. The predicted octanol–water partition coefficient (Wildman–Crippen LogP) is -4.06. The molecule has 5 atom stereocenters. The maximum Gasteiger partial charge on any atom is 0.326 e. The molecule has 0 saturated carbocycles. The monoisotopic (exact) mass is 461 g/mol. The van der Waals surface area contributed by atoms with Crippen molar-refractivity contribution in [2.24, 2.45) is 28.1 Å². The van der Waals surface area contributed by atoms with Gasteiger partial charge in [-0.2, -0.15) is 0 Å². The van der Waals surface area contributed by atoms with Gasteiger partial charge in [0, 0.05) is 6.54 Å². The number of guanidine groups is 1. The first-order chi connectivity index (χ1) is 14.8. The maximum absolute atomic E-state index is 12.5. The second-order valence-electron chi connectivity index (χ2n) is 7.59. The number of aliphatic hydroxyl groups is 2. The van der Waals surface area contributed by atoms with Gasteiger partial charge in [-0.3, -0.25) is 19.4 Å². The van der Waals surface area contributed by atoms with E-state index in [4.69, 9.17) is 17.2 Å². The Balaban J connectivity index is 5.15. The van der Waals surface area contributed by atoms with E-state index in [9.17, 15) is 34.5 Å². The molecule has 0 heterocycles. The number of carboxylic acid groups (broad SMARTS) is 1. The van der Waals surface area contributed by atoms with Crippen molar-refractivity contribution < 1.29 is 34.5 Å². The highest BCUT2D eigenvalue weighted by Crippen LogP contribution is 2.03. The van der Waals surface area contributed by atoms with Crippen molar-refractivity contribution >= 4 is 29.7 Å². The summed E-state index contributed by atoms with van der Waals surface area (Å²) in [4.78, 5) is 52.2. The van der Waals surface area contributed by atoms with Crippen LogP contribution in [0.4, 0.5) is 0 Å². The Bertz CT molecular complexity index is 681. The second-order valence-corrected chi connectivity index (χ2v) is 7.59. The van der Waals surface area contributed by atoms with Crippen LogP contribution in [0.1, 0.15) is 33.6 Å². The van der Waals surface area contributed by atoms with Crippen LogP contribution in [0.25, 0.3) is 0 Å². The fourth-order valence-electron chi connectivity index (χ4n) is 2.45. The van der Waals surface area contributed by atoms with E-state index in [0.717, 1.165) is 0 Å². The fourth-order valence-corrected chi connectivity index (χ4v) is 2.45. The van der Waals surface area contributed by atoms with Crippen LogP contribution in [0, 0.1) is 5.92 Å². The zero-order chi connectivity index (χ0) is 25.0. The number of aliphatic hydroxyl groups excluding tert-OH is 2. The molecule has 0 aliphatic carbocycles. The number of carbonyl (C=O) groups excluding carboxylic acids is 3. The third-order valence-corrected chi connectivity index (χ3v) is 4.46. The molecule has 3 amide bonds. The fraction of sp³-hybridized carbons (Fsp3) is 0.722. The third-order valence-electron chi connectivity index (χ3n) is 4.46. The molecular formula is C18H35N7O7. The number of hydrogen-bond donors (Lipinski definition) is 9. The highest BCUT2D eigenvalue weighted by atomic mass is 16.4. The molecular weight excluding hydrogens is 426 g/mol. The van der Waals surface area contributed by atoms with Gasteiger partial charge in [0.2, 0.25) is 17.7 Å². The number of nitrogens with zero attached hydrogens (tertiary/aromatic N) is 1. The minimum Gasteiger partial charge on any atom is -0.480 e. The van der Waals surface area contributed by atoms with E-state index >= 15 is 0 Å². The van der Waals surface area contributed by atoms with Crippen LogP contribution in [0.2, 0.25) is 0 Å². The Morgan fingerprint density at radius 2 is 1.50 bits per heavy atom. The van der Waals surface area contributed by atoms with Crippen LogP contribution >= 0.6 is 0 Å². The van der Waals surface area contributed by atoms with Crippen LogP contribution in [0.5, 0.6) is 0 Å². The van der Waals surface area contributed by atoms with E-state index in [2.05, 4.69) is 20.9 Å². The normalized spacial score (nSPS) is 15.6. The summed E-state index contributed by atoms with van der Waals surface area (Å²) in [7, 11) is 0. The number of aliphatic imine (C=N–C) groups is 1. The topological polar surface area (TPSA) is 255 Å². The van der Waals surface area contributed by atoms with Gasteiger partial charge in [-0.05, 0) is 25.7 Å². The first kappa shape index (κ1) is 29.0. The van der Waals surface area contributed by atoms with Crippen molar-refractivity contribution in [2.75, 3.05) is 13.2 Å². The molecule has 184 valence electrons. The van der Waals surface area contributed by atoms with E-state index < -0.39 is 60.6 Å². The Morgan fingerprint density at radius 3 is 1.94 bits per heavy atom. The van der Waals surface area contributed by atoms with Gasteiger partial charge in [-0.15, -0.1) is 0 Å². The van der Waals surface area contributed by atoms with Crippen LogP contribution in [-0.4, -0.2) is 88.4 Å². The molecule has 0 spiro atoms. The summed E-state index contributed by atoms with van der Waals surface area (Å²) in [6.07, 6.45) is -1.18. The lowest BCUT2D eigenvalue weighted by Crippen LogP contribution is -2.60. The number of amides is 3. The molecule has 0 rings (SSSR count). The third kappa shape index (κ3) is 10.4. The Labute approximate surface area is 186 Å². The van der Waals surface area contributed by atoms with Crippen LogP contribution in [-0.2, 0) is 19.2 Å². The molecule has 12 N–H and O–H groups in total. The first-order valence-electron chi connectivity index (χ1n) is 10.1. The maximum atomic E-state index is 12.5. The Morgan fingerprint density at radius 1 is 0.938 bits per heavy atom. The number of hydrogen-bond acceptors (Lipinski definition) is 8. The van der Waals surface area contributed by atoms with Crippen molar-refractivity contribution in [3.63, 3.8) is 0 Å². The standard InChI is InChI=1S/C18H35N7O7/c1-8(2)12(19)15(29)24-11(7-26)14(28)25-13(9(3)27)16(30)23-10(17(31)32)5-4-6-22-18(20)21/h8-13,26-27H,4-7,19H2,1-3H3,(H,23,30)(H,24,29)(H,25,28)(H,31,32)(H4,20,21,22). The average Bonchev–Trinajstić information content (AvgIpc) is 2.70. The van der Waals surface area contributed by atoms with Crippen LogP contribution in [0.15, 0.2) is 4.99 Å². The number of nitrogens with two attached hydrogens (primary N) is 3. The SMILES string of the molecule is CC(C)C(N)C(=O)NC(CO)C(=O)NC(C(=O)NC(CCCN=C(N)N)C(=O)O)C(C)O. The molecule has 0 aliphatic rings. The van der Waals surface area contributed by atoms with E-state index in [1.54, 1.807) is 13.8 Å². The molecule has 14 heteroatoms.